The highest BCUT2D eigenvalue weighted by molar-refractivity contribution is 6.38. The zero-order valence-electron chi connectivity index (χ0n) is 21.7. The van der Waals surface area contributed by atoms with E-state index in [1.807, 2.05) is 6.07 Å². The van der Waals surface area contributed by atoms with Gasteiger partial charge in [0.2, 0.25) is 5.78 Å². The highest BCUT2D eigenvalue weighted by Crippen LogP contribution is 2.35. The second-order valence-corrected chi connectivity index (χ2v) is 9.96. The summed E-state index contributed by atoms with van der Waals surface area (Å²) in [6.07, 6.45) is -1.25. The van der Waals surface area contributed by atoms with Gasteiger partial charge < -0.3 is 4.74 Å². The van der Waals surface area contributed by atoms with Crippen molar-refractivity contribution in [1.29, 1.82) is 0 Å². The van der Waals surface area contributed by atoms with E-state index in [-0.39, 0.29) is 22.4 Å². The largest absolute Gasteiger partial charge is 0.445 e. The van der Waals surface area contributed by atoms with Crippen molar-refractivity contribution >= 4 is 51.8 Å². The normalized spacial score (nSPS) is 13.3. The molecule has 0 aliphatic carbocycles. The lowest BCUT2D eigenvalue weighted by Crippen LogP contribution is -2.29. The summed E-state index contributed by atoms with van der Waals surface area (Å²) < 4.78 is 5.76. The number of rotatable bonds is 6. The number of para-hydroxylation sites is 1. The summed E-state index contributed by atoms with van der Waals surface area (Å²) in [7, 11) is 0. The molecule has 0 bridgehead atoms. The maximum Gasteiger partial charge on any atom is 0.339 e. The summed E-state index contributed by atoms with van der Waals surface area (Å²) in [5.41, 5.74) is 2.66. The van der Waals surface area contributed by atoms with E-state index >= 15 is 0 Å². The van der Waals surface area contributed by atoms with Gasteiger partial charge in [0, 0.05) is 21.5 Å². The Morgan fingerprint density at radius 1 is 0.780 bits per heavy atom. The highest BCUT2D eigenvalue weighted by atomic mass is 35.5. The fourth-order valence-electron chi connectivity index (χ4n) is 4.98. The molecule has 200 valence electrons. The number of nitrogens with zero attached hydrogens (tertiary/aromatic N) is 2. The van der Waals surface area contributed by atoms with Crippen LogP contribution >= 0.6 is 11.6 Å². The van der Waals surface area contributed by atoms with E-state index in [1.165, 1.54) is 12.1 Å². The van der Waals surface area contributed by atoms with Gasteiger partial charge in [0.15, 0.2) is 6.10 Å². The van der Waals surface area contributed by atoms with Crippen molar-refractivity contribution in [3.05, 3.63) is 142 Å². The Morgan fingerprint density at radius 3 is 2.20 bits per heavy atom. The number of ketones is 1. The number of aromatic nitrogens is 1. The summed E-state index contributed by atoms with van der Waals surface area (Å²) >= 11 is 6.04. The van der Waals surface area contributed by atoms with Gasteiger partial charge in [0.1, 0.15) is 0 Å². The van der Waals surface area contributed by atoms with Crippen molar-refractivity contribution in [2.45, 2.75) is 13.0 Å². The van der Waals surface area contributed by atoms with Crippen LogP contribution in [0.25, 0.3) is 10.9 Å². The van der Waals surface area contributed by atoms with Gasteiger partial charge in [-0.15, -0.1) is 0 Å². The third kappa shape index (κ3) is 4.66. The molecule has 0 fully saturated rings. The molecule has 0 radical (unpaired) electrons. The molecule has 4 aromatic carbocycles. The van der Waals surface area contributed by atoms with Crippen molar-refractivity contribution in [2.75, 3.05) is 4.90 Å². The minimum atomic E-state index is -1.25. The number of benzene rings is 4. The molecule has 0 unspecified atom stereocenters. The monoisotopic (exact) mass is 560 g/mol. The number of carbonyl (C=O) groups is 4. The van der Waals surface area contributed by atoms with E-state index < -0.39 is 29.7 Å². The fourth-order valence-corrected chi connectivity index (χ4v) is 5.11. The fraction of sp³-hybridized carbons (Fsp3) is 0.0606. The Balaban J connectivity index is 1.34. The van der Waals surface area contributed by atoms with Crippen LogP contribution in [-0.4, -0.2) is 28.6 Å². The van der Waals surface area contributed by atoms with Crippen LogP contribution < -0.4 is 4.90 Å². The number of hydrogen-bond acceptors (Lipinski definition) is 6. The maximum absolute atomic E-state index is 13.6. The number of Topliss-reactive ketones (excluding diaryl/α,β-unsaturated/α-hetero) is 1. The second-order valence-electron chi connectivity index (χ2n) is 9.53. The van der Waals surface area contributed by atoms with Gasteiger partial charge in [-0.25, -0.2) is 9.69 Å². The van der Waals surface area contributed by atoms with E-state index in [9.17, 15) is 19.2 Å². The summed E-state index contributed by atoms with van der Waals surface area (Å²) in [5, 5.41) is 1.05. The molecule has 2 amide bonds. The van der Waals surface area contributed by atoms with E-state index in [0.717, 1.165) is 4.90 Å². The van der Waals surface area contributed by atoms with E-state index in [2.05, 4.69) is 4.98 Å². The zero-order chi connectivity index (χ0) is 28.7. The quantitative estimate of drug-likeness (QED) is 0.129. The van der Waals surface area contributed by atoms with Gasteiger partial charge in [-0.3, -0.25) is 19.4 Å². The van der Waals surface area contributed by atoms with Crippen molar-refractivity contribution in [1.82, 2.24) is 4.98 Å². The molecule has 2 heterocycles. The minimum absolute atomic E-state index is 0.0681. The molecule has 6 rings (SSSR count). The Kier molecular flexibility index (Phi) is 6.65. The molecule has 41 heavy (non-hydrogen) atoms. The Bertz CT molecular complexity index is 1870. The molecule has 1 aliphatic rings. The average molecular weight is 561 g/mol. The number of anilines is 1. The number of halogens is 1. The highest BCUT2D eigenvalue weighted by Gasteiger charge is 2.40. The van der Waals surface area contributed by atoms with E-state index in [4.69, 9.17) is 16.3 Å². The lowest BCUT2D eigenvalue weighted by Gasteiger charge is -2.19. The van der Waals surface area contributed by atoms with Crippen LogP contribution in [0.3, 0.4) is 0 Å². The predicted molar refractivity (Wildman–Crippen MR) is 154 cm³/mol. The van der Waals surface area contributed by atoms with Crippen molar-refractivity contribution in [3.8, 4) is 0 Å². The number of aryl methyl sites for hydroxylation is 1. The SMILES string of the molecule is Cc1nc2ccccc2c2c1C(=O)N(c1cccc(C(=O)O[C@H](C(=O)c3ccccc3)c3ccc(Cl)cc3)c1)C2=O. The number of hydrogen-bond donors (Lipinski definition) is 0. The van der Waals surface area contributed by atoms with Gasteiger partial charge in [-0.1, -0.05) is 78.3 Å². The first kappa shape index (κ1) is 26.1. The average Bonchev–Trinajstić information content (AvgIpc) is 3.27. The van der Waals surface area contributed by atoms with Crippen molar-refractivity contribution in [3.63, 3.8) is 0 Å². The van der Waals surface area contributed by atoms with Gasteiger partial charge in [-0.05, 0) is 43.3 Å². The Morgan fingerprint density at radius 2 is 1.44 bits per heavy atom. The smallest absolute Gasteiger partial charge is 0.339 e. The topological polar surface area (TPSA) is 93.6 Å². The van der Waals surface area contributed by atoms with Crippen LogP contribution in [0.15, 0.2) is 103 Å². The van der Waals surface area contributed by atoms with Gasteiger partial charge in [0.05, 0.1) is 33.6 Å². The van der Waals surface area contributed by atoms with Crippen LogP contribution in [0.1, 0.15) is 58.8 Å². The molecule has 0 saturated carbocycles. The van der Waals surface area contributed by atoms with Crippen LogP contribution in [0.2, 0.25) is 5.02 Å². The molecule has 0 saturated heterocycles. The summed E-state index contributed by atoms with van der Waals surface area (Å²) in [6.45, 7) is 1.69. The molecule has 1 atom stereocenters. The molecule has 5 aromatic rings. The number of fused-ring (bicyclic) bond motifs is 3. The summed E-state index contributed by atoms with van der Waals surface area (Å²) in [4.78, 5) is 59.4. The van der Waals surface area contributed by atoms with Gasteiger partial charge >= 0.3 is 5.97 Å². The Labute approximate surface area is 240 Å². The maximum atomic E-state index is 13.6. The molecule has 1 aliphatic heterocycles. The molecule has 8 heteroatoms. The number of esters is 1. The summed E-state index contributed by atoms with van der Waals surface area (Å²) in [5.74, 6) is -2.23. The van der Waals surface area contributed by atoms with E-state index in [0.29, 0.717) is 32.7 Å². The van der Waals surface area contributed by atoms with E-state index in [1.54, 1.807) is 91.9 Å². The number of imide groups is 1. The molecular formula is C33H21ClN2O5. The Hall–Kier alpha value is -5.14. The number of amides is 2. The van der Waals surface area contributed by atoms with Gasteiger partial charge in [-0.2, -0.15) is 0 Å². The van der Waals surface area contributed by atoms with Crippen molar-refractivity contribution < 1.29 is 23.9 Å². The summed E-state index contributed by atoms with van der Waals surface area (Å²) in [6, 6.07) is 28.1. The first-order valence-electron chi connectivity index (χ1n) is 12.8. The zero-order valence-corrected chi connectivity index (χ0v) is 22.5. The lowest BCUT2D eigenvalue weighted by atomic mass is 9.99. The number of ether oxygens (including phenoxy) is 1. The van der Waals surface area contributed by atoms with Crippen LogP contribution in [0.5, 0.6) is 0 Å². The van der Waals surface area contributed by atoms with Crippen LogP contribution in [0, 0.1) is 6.92 Å². The van der Waals surface area contributed by atoms with Crippen LogP contribution in [0.4, 0.5) is 5.69 Å². The van der Waals surface area contributed by atoms with Crippen molar-refractivity contribution in [2.24, 2.45) is 0 Å². The standard InChI is InChI=1S/C33H21ClN2O5/c1-19-27-28(25-12-5-6-13-26(25)35-19)32(39)36(31(27)38)24-11-7-10-22(18-24)33(40)41-30(21-14-16-23(34)17-15-21)29(37)20-8-3-2-4-9-20/h2-18,30H,1H3/t30-/m0/s1. The second kappa shape index (κ2) is 10.4. The van der Waals surface area contributed by atoms with Gasteiger partial charge in [0.25, 0.3) is 11.8 Å². The minimum Gasteiger partial charge on any atom is -0.445 e. The number of pyridine rings is 1. The third-order valence-corrected chi connectivity index (χ3v) is 7.19. The molecule has 0 N–H and O–H groups in total. The predicted octanol–water partition coefficient (Wildman–Crippen LogP) is 6.78. The molecular weight excluding hydrogens is 540 g/mol. The molecule has 1 aromatic heterocycles. The molecule has 7 nitrogen and oxygen atoms in total. The first-order valence-corrected chi connectivity index (χ1v) is 13.1. The first-order chi connectivity index (χ1) is 19.8. The van der Waals surface area contributed by atoms with Crippen LogP contribution in [-0.2, 0) is 4.74 Å². The third-order valence-electron chi connectivity index (χ3n) is 6.94. The number of carbonyl (C=O) groups excluding carboxylic acids is 4. The molecule has 0 spiro atoms. The lowest BCUT2D eigenvalue weighted by molar-refractivity contribution is 0.0280.